The number of hydrogen-bond acceptors (Lipinski definition) is 2. The second-order valence-corrected chi connectivity index (χ2v) is 5.82. The summed E-state index contributed by atoms with van der Waals surface area (Å²) in [7, 11) is 0. The number of nitrogens with two attached hydrogens (primary N) is 1. The lowest BCUT2D eigenvalue weighted by Gasteiger charge is -2.20. The molecule has 0 aliphatic heterocycles. The average molecular weight is 299 g/mol. The molecule has 1 aliphatic carbocycles. The molecule has 0 saturated carbocycles. The number of hydrazine groups is 1. The first kappa shape index (κ1) is 14.9. The lowest BCUT2D eigenvalue weighted by atomic mass is 9.96. The molecule has 0 saturated heterocycles. The first-order valence-electron chi connectivity index (χ1n) is 6.80. The van der Waals surface area contributed by atoms with Crippen LogP contribution in [-0.2, 0) is 6.42 Å². The number of nitrogens with one attached hydrogen (secondary N) is 1. The topological polar surface area (TPSA) is 38.0 Å². The zero-order valence-corrected chi connectivity index (χ0v) is 12.5. The van der Waals surface area contributed by atoms with E-state index in [1.807, 2.05) is 18.2 Å². The molecule has 3 N–H and O–H groups in total. The van der Waals surface area contributed by atoms with Crippen molar-refractivity contribution in [1.82, 2.24) is 5.43 Å². The van der Waals surface area contributed by atoms with E-state index >= 15 is 0 Å². The molecule has 0 aromatic heterocycles. The third-order valence-electron chi connectivity index (χ3n) is 3.69. The molecule has 1 aromatic carbocycles. The summed E-state index contributed by atoms with van der Waals surface area (Å²) in [6, 6.07) is 5.73. The molecule has 104 valence electrons. The molecule has 0 radical (unpaired) electrons. The number of rotatable bonds is 4. The van der Waals surface area contributed by atoms with Gasteiger partial charge in [0.1, 0.15) is 0 Å². The summed E-state index contributed by atoms with van der Waals surface area (Å²) in [4.78, 5) is 0. The van der Waals surface area contributed by atoms with Crippen LogP contribution < -0.4 is 11.3 Å². The van der Waals surface area contributed by atoms with Gasteiger partial charge in [-0.15, -0.1) is 0 Å². The van der Waals surface area contributed by atoms with Crippen molar-refractivity contribution in [2.45, 2.75) is 44.6 Å². The number of halogens is 2. The first-order valence-corrected chi connectivity index (χ1v) is 7.56. The summed E-state index contributed by atoms with van der Waals surface area (Å²) in [6.07, 6.45) is 9.11. The molecule has 0 spiro atoms. The van der Waals surface area contributed by atoms with Gasteiger partial charge in [-0.05, 0) is 49.8 Å². The largest absolute Gasteiger partial charge is 0.271 e. The molecule has 0 heterocycles. The molecule has 19 heavy (non-hydrogen) atoms. The van der Waals surface area contributed by atoms with Gasteiger partial charge in [-0.2, -0.15) is 0 Å². The van der Waals surface area contributed by atoms with Crippen LogP contribution in [0.5, 0.6) is 0 Å². The Kier molecular flexibility index (Phi) is 5.71. The summed E-state index contributed by atoms with van der Waals surface area (Å²) in [5.41, 5.74) is 5.27. The van der Waals surface area contributed by atoms with E-state index in [0.717, 1.165) is 24.8 Å². The number of allylic oxidation sites excluding steroid dienone is 1. The van der Waals surface area contributed by atoms with E-state index in [2.05, 4.69) is 11.5 Å². The Morgan fingerprint density at radius 3 is 2.58 bits per heavy atom. The summed E-state index contributed by atoms with van der Waals surface area (Å²) >= 11 is 12.5. The van der Waals surface area contributed by atoms with E-state index in [1.54, 1.807) is 0 Å². The highest BCUT2D eigenvalue weighted by Gasteiger charge is 2.17. The smallest absolute Gasteiger partial charge is 0.0461 e. The van der Waals surface area contributed by atoms with Gasteiger partial charge < -0.3 is 0 Å². The maximum absolute atomic E-state index is 6.23. The highest BCUT2D eigenvalue weighted by atomic mass is 35.5. The summed E-state index contributed by atoms with van der Waals surface area (Å²) in [5.74, 6) is 5.73. The fraction of sp³-hybridized carbons (Fsp3) is 0.467. The maximum Gasteiger partial charge on any atom is 0.0461 e. The highest BCUT2D eigenvalue weighted by Crippen LogP contribution is 2.28. The molecular formula is C15H20Cl2N2. The summed E-state index contributed by atoms with van der Waals surface area (Å²) in [5, 5.41) is 1.42. The van der Waals surface area contributed by atoms with Crippen molar-refractivity contribution in [2.75, 3.05) is 0 Å². The van der Waals surface area contributed by atoms with E-state index < -0.39 is 0 Å². The van der Waals surface area contributed by atoms with Gasteiger partial charge in [0, 0.05) is 16.1 Å². The fourth-order valence-corrected chi connectivity index (χ4v) is 3.14. The maximum atomic E-state index is 6.23. The van der Waals surface area contributed by atoms with Gasteiger partial charge in [0.15, 0.2) is 0 Å². The monoisotopic (exact) mass is 298 g/mol. The van der Waals surface area contributed by atoms with Crippen LogP contribution in [0.15, 0.2) is 29.8 Å². The third-order valence-corrected chi connectivity index (χ3v) is 4.40. The van der Waals surface area contributed by atoms with Crippen molar-refractivity contribution in [3.63, 3.8) is 0 Å². The van der Waals surface area contributed by atoms with Gasteiger partial charge in [0.2, 0.25) is 0 Å². The lowest BCUT2D eigenvalue weighted by molar-refractivity contribution is 0.564. The van der Waals surface area contributed by atoms with Crippen LogP contribution in [0.25, 0.3) is 0 Å². The highest BCUT2D eigenvalue weighted by molar-refractivity contribution is 6.36. The van der Waals surface area contributed by atoms with Crippen LogP contribution >= 0.6 is 23.2 Å². The molecule has 2 rings (SSSR count). The fourth-order valence-electron chi connectivity index (χ4n) is 2.58. The molecular weight excluding hydrogens is 279 g/mol. The quantitative estimate of drug-likeness (QED) is 0.495. The molecule has 4 heteroatoms. The van der Waals surface area contributed by atoms with Crippen LogP contribution in [0.2, 0.25) is 10.0 Å². The predicted octanol–water partition coefficient (Wildman–Crippen LogP) is 4.26. The van der Waals surface area contributed by atoms with E-state index in [-0.39, 0.29) is 6.04 Å². The van der Waals surface area contributed by atoms with Crippen LogP contribution in [0, 0.1) is 0 Å². The lowest BCUT2D eigenvalue weighted by Crippen LogP contribution is -2.38. The number of benzene rings is 1. The molecule has 1 atom stereocenters. The zero-order valence-electron chi connectivity index (χ0n) is 11.0. The summed E-state index contributed by atoms with van der Waals surface area (Å²) < 4.78 is 0. The van der Waals surface area contributed by atoms with Crippen molar-refractivity contribution >= 4 is 23.2 Å². The van der Waals surface area contributed by atoms with Gasteiger partial charge in [0.25, 0.3) is 0 Å². The predicted molar refractivity (Wildman–Crippen MR) is 82.4 cm³/mol. The molecule has 1 aromatic rings. The van der Waals surface area contributed by atoms with Crippen LogP contribution in [0.3, 0.4) is 0 Å². The van der Waals surface area contributed by atoms with E-state index in [9.17, 15) is 0 Å². The molecule has 1 unspecified atom stereocenters. The zero-order chi connectivity index (χ0) is 13.7. The van der Waals surface area contributed by atoms with Crippen molar-refractivity contribution in [3.8, 4) is 0 Å². The van der Waals surface area contributed by atoms with E-state index in [1.165, 1.54) is 24.8 Å². The van der Waals surface area contributed by atoms with Crippen LogP contribution in [-0.4, -0.2) is 6.04 Å². The molecule has 2 nitrogen and oxygen atoms in total. The van der Waals surface area contributed by atoms with E-state index in [0.29, 0.717) is 10.0 Å². The third kappa shape index (κ3) is 3.96. The van der Waals surface area contributed by atoms with Crippen molar-refractivity contribution in [1.29, 1.82) is 0 Å². The molecule has 1 aliphatic rings. The van der Waals surface area contributed by atoms with Gasteiger partial charge in [-0.3, -0.25) is 11.3 Å². The van der Waals surface area contributed by atoms with Crippen LogP contribution in [0.1, 0.15) is 37.7 Å². The number of hydrogen-bond donors (Lipinski definition) is 2. The minimum atomic E-state index is 0.121. The summed E-state index contributed by atoms with van der Waals surface area (Å²) in [6.45, 7) is 0. The SMILES string of the molecule is NNC(Cc1c(Cl)cccc1Cl)C1=CCCCCC1. The molecule has 0 fully saturated rings. The van der Waals surface area contributed by atoms with Gasteiger partial charge in [-0.1, -0.05) is 47.3 Å². The van der Waals surface area contributed by atoms with Gasteiger partial charge in [0.05, 0.1) is 0 Å². The Bertz CT molecular complexity index is 437. The Hall–Kier alpha value is -0.540. The Morgan fingerprint density at radius 2 is 1.89 bits per heavy atom. The van der Waals surface area contributed by atoms with Crippen molar-refractivity contribution in [2.24, 2.45) is 5.84 Å². The Morgan fingerprint density at radius 1 is 1.16 bits per heavy atom. The normalized spacial score (nSPS) is 17.7. The second kappa shape index (κ2) is 7.30. The molecule has 0 bridgehead atoms. The average Bonchev–Trinajstić information content (AvgIpc) is 2.67. The van der Waals surface area contributed by atoms with Gasteiger partial charge in [-0.25, -0.2) is 0 Å². The van der Waals surface area contributed by atoms with Crippen molar-refractivity contribution in [3.05, 3.63) is 45.5 Å². The standard InChI is InChI=1S/C15H20Cl2N2/c16-13-8-5-9-14(17)12(13)10-15(19-18)11-6-3-1-2-4-7-11/h5-6,8-9,15,19H,1-4,7,10,18H2. The van der Waals surface area contributed by atoms with Crippen LogP contribution in [0.4, 0.5) is 0 Å². The van der Waals surface area contributed by atoms with Crippen molar-refractivity contribution < 1.29 is 0 Å². The minimum Gasteiger partial charge on any atom is -0.271 e. The Balaban J connectivity index is 2.16. The first-order chi connectivity index (χ1) is 9.22. The minimum absolute atomic E-state index is 0.121. The van der Waals surface area contributed by atoms with E-state index in [4.69, 9.17) is 29.0 Å². The molecule has 0 amide bonds. The second-order valence-electron chi connectivity index (χ2n) is 5.00. The Labute approximate surface area is 124 Å². The van der Waals surface area contributed by atoms with Gasteiger partial charge >= 0.3 is 0 Å².